The molecule has 0 heterocycles. The third-order valence-electron chi connectivity index (χ3n) is 4.00. The zero-order valence-electron chi connectivity index (χ0n) is 14.7. The Bertz CT molecular complexity index is 809. The van der Waals surface area contributed by atoms with Gasteiger partial charge >= 0.3 is 12.1 Å². The first-order valence-electron chi connectivity index (χ1n) is 8.31. The highest BCUT2D eigenvalue weighted by Gasteiger charge is 2.23. The number of carboxylic acids is 1. The third-order valence-corrected chi connectivity index (χ3v) is 4.00. The van der Waals surface area contributed by atoms with Gasteiger partial charge in [0, 0.05) is 24.0 Å². The smallest absolute Gasteiger partial charge is 0.407 e. The number of carbonyl (C=O) groups excluding carboxylic acids is 1. The van der Waals surface area contributed by atoms with Crippen LogP contribution in [0, 0.1) is 10.1 Å². The summed E-state index contributed by atoms with van der Waals surface area (Å²) < 4.78 is 5.08. The van der Waals surface area contributed by atoms with E-state index in [1.807, 2.05) is 6.07 Å². The van der Waals surface area contributed by atoms with Crippen LogP contribution in [0.3, 0.4) is 0 Å². The second-order valence-electron chi connectivity index (χ2n) is 6.04. The first kappa shape index (κ1) is 19.9. The average Bonchev–Trinajstić information content (AvgIpc) is 2.66. The van der Waals surface area contributed by atoms with Crippen LogP contribution in [0.15, 0.2) is 54.6 Å². The Balaban J connectivity index is 1.94. The third kappa shape index (κ3) is 5.81. The zero-order valence-corrected chi connectivity index (χ0v) is 14.7. The molecule has 2 atom stereocenters. The maximum Gasteiger partial charge on any atom is 0.407 e. The summed E-state index contributed by atoms with van der Waals surface area (Å²) in [6.07, 6.45) is -0.769. The van der Waals surface area contributed by atoms with Gasteiger partial charge in [-0.05, 0) is 5.56 Å². The van der Waals surface area contributed by atoms with Crippen molar-refractivity contribution < 1.29 is 24.4 Å². The Kier molecular flexibility index (Phi) is 6.87. The molecule has 8 heteroatoms. The Hall–Kier alpha value is -3.42. The highest BCUT2D eigenvalue weighted by molar-refractivity contribution is 5.80. The number of benzene rings is 2. The number of nitro groups is 1. The van der Waals surface area contributed by atoms with Gasteiger partial charge in [0.2, 0.25) is 0 Å². The van der Waals surface area contributed by atoms with Gasteiger partial charge in [0.25, 0.3) is 5.69 Å². The van der Waals surface area contributed by atoms with E-state index >= 15 is 0 Å². The first-order valence-corrected chi connectivity index (χ1v) is 8.31. The Labute approximate surface area is 155 Å². The van der Waals surface area contributed by atoms with Gasteiger partial charge < -0.3 is 15.2 Å². The molecule has 2 aromatic rings. The summed E-state index contributed by atoms with van der Waals surface area (Å²) in [4.78, 5) is 33.9. The van der Waals surface area contributed by atoms with Crippen molar-refractivity contribution in [1.82, 2.24) is 5.32 Å². The summed E-state index contributed by atoms with van der Waals surface area (Å²) >= 11 is 0. The van der Waals surface area contributed by atoms with E-state index in [4.69, 9.17) is 4.74 Å². The van der Waals surface area contributed by atoms with Gasteiger partial charge in [-0.25, -0.2) is 9.59 Å². The second kappa shape index (κ2) is 9.33. The van der Waals surface area contributed by atoms with Gasteiger partial charge in [0.1, 0.15) is 12.6 Å². The molecule has 2 aromatic carbocycles. The zero-order chi connectivity index (χ0) is 19.8. The number of hydrogen-bond acceptors (Lipinski definition) is 5. The van der Waals surface area contributed by atoms with Crippen molar-refractivity contribution in [2.45, 2.75) is 25.3 Å². The number of hydrogen-bond donors (Lipinski definition) is 2. The number of nitro benzene ring substituents is 1. The molecule has 2 rings (SSSR count). The van der Waals surface area contributed by atoms with Crippen molar-refractivity contribution >= 4 is 17.7 Å². The molecule has 0 aliphatic carbocycles. The molecule has 0 radical (unpaired) electrons. The summed E-state index contributed by atoms with van der Waals surface area (Å²) in [5, 5.41) is 22.7. The summed E-state index contributed by atoms with van der Waals surface area (Å²) in [6.45, 7) is 1.57. The van der Waals surface area contributed by atoms with Crippen LogP contribution in [0.5, 0.6) is 0 Å². The highest BCUT2D eigenvalue weighted by atomic mass is 16.6. The minimum absolute atomic E-state index is 0.0542. The van der Waals surface area contributed by atoms with Gasteiger partial charge in [0.05, 0.1) is 4.92 Å². The van der Waals surface area contributed by atoms with Gasteiger partial charge in [-0.1, -0.05) is 55.5 Å². The van der Waals surface area contributed by atoms with Crippen molar-refractivity contribution in [2.24, 2.45) is 0 Å². The van der Waals surface area contributed by atoms with Crippen LogP contribution in [0.1, 0.15) is 24.0 Å². The van der Waals surface area contributed by atoms with E-state index in [2.05, 4.69) is 5.32 Å². The molecule has 0 saturated carbocycles. The van der Waals surface area contributed by atoms with E-state index in [9.17, 15) is 24.8 Å². The quantitative estimate of drug-likeness (QED) is 0.543. The number of rotatable bonds is 8. The summed E-state index contributed by atoms with van der Waals surface area (Å²) in [5.74, 6) is -1.60. The lowest BCUT2D eigenvalue weighted by atomic mass is 10.0. The fraction of sp³-hybridized carbons (Fsp3) is 0.263. The standard InChI is InChI=1S/C19H20N2O6/c1-13(15-9-5-6-10-17(15)21(25)26)12-27-19(24)20-16(18(22)23)11-14-7-3-2-4-8-14/h2-10,13,16H,11-12H2,1H3,(H,20,24)(H,22,23). The van der Waals surface area contributed by atoms with E-state index in [1.54, 1.807) is 49.4 Å². The summed E-state index contributed by atoms with van der Waals surface area (Å²) in [7, 11) is 0. The monoisotopic (exact) mass is 372 g/mol. The van der Waals surface area contributed by atoms with Crippen LogP contribution < -0.4 is 5.32 Å². The number of amides is 1. The van der Waals surface area contributed by atoms with Crippen LogP contribution in [0.4, 0.5) is 10.5 Å². The maximum absolute atomic E-state index is 12.0. The molecule has 2 N–H and O–H groups in total. The van der Waals surface area contributed by atoms with E-state index in [1.165, 1.54) is 6.07 Å². The Morgan fingerprint density at radius 2 is 1.78 bits per heavy atom. The molecule has 0 bridgehead atoms. The van der Waals surface area contributed by atoms with E-state index < -0.39 is 28.9 Å². The molecule has 27 heavy (non-hydrogen) atoms. The number of ether oxygens (including phenoxy) is 1. The Morgan fingerprint density at radius 3 is 2.41 bits per heavy atom. The topological polar surface area (TPSA) is 119 Å². The lowest BCUT2D eigenvalue weighted by Crippen LogP contribution is -2.42. The molecule has 0 aliphatic rings. The first-order chi connectivity index (χ1) is 12.9. The van der Waals surface area contributed by atoms with E-state index in [0.29, 0.717) is 5.56 Å². The predicted molar refractivity (Wildman–Crippen MR) is 97.6 cm³/mol. The van der Waals surface area contributed by atoms with Gasteiger partial charge in [-0.2, -0.15) is 0 Å². The maximum atomic E-state index is 12.0. The molecular weight excluding hydrogens is 352 g/mol. The SMILES string of the molecule is CC(COC(=O)NC(Cc1ccccc1)C(=O)O)c1ccccc1[N+](=O)[O-]. The molecule has 142 valence electrons. The minimum Gasteiger partial charge on any atom is -0.480 e. The van der Waals surface area contributed by atoms with E-state index in [-0.39, 0.29) is 18.7 Å². The van der Waals surface area contributed by atoms with Crippen LogP contribution in [-0.4, -0.2) is 34.7 Å². The normalized spacial score (nSPS) is 12.6. The molecule has 0 saturated heterocycles. The fourth-order valence-electron chi connectivity index (χ4n) is 2.59. The number of nitrogens with zero attached hydrogens (tertiary/aromatic N) is 1. The number of carboxylic acid groups (broad SMARTS) is 1. The molecule has 0 fully saturated rings. The molecule has 0 spiro atoms. The molecule has 0 aliphatic heterocycles. The van der Waals surface area contributed by atoms with Gasteiger partial charge in [-0.3, -0.25) is 10.1 Å². The average molecular weight is 372 g/mol. The molecule has 1 amide bonds. The van der Waals surface area contributed by atoms with Crippen molar-refractivity contribution in [3.05, 3.63) is 75.8 Å². The van der Waals surface area contributed by atoms with Gasteiger partial charge in [-0.15, -0.1) is 0 Å². The lowest BCUT2D eigenvalue weighted by Gasteiger charge is -2.17. The van der Waals surface area contributed by atoms with Crippen LogP contribution >= 0.6 is 0 Å². The van der Waals surface area contributed by atoms with Crippen LogP contribution in [-0.2, 0) is 16.0 Å². The number of para-hydroxylation sites is 1. The van der Waals surface area contributed by atoms with Gasteiger partial charge in [0.15, 0.2) is 0 Å². The van der Waals surface area contributed by atoms with Crippen molar-refractivity contribution in [3.63, 3.8) is 0 Å². The van der Waals surface area contributed by atoms with E-state index in [0.717, 1.165) is 5.56 Å². The molecule has 0 aromatic heterocycles. The number of nitrogens with one attached hydrogen (secondary N) is 1. The number of alkyl carbamates (subject to hydrolysis) is 1. The Morgan fingerprint density at radius 1 is 1.15 bits per heavy atom. The second-order valence-corrected chi connectivity index (χ2v) is 6.04. The highest BCUT2D eigenvalue weighted by Crippen LogP contribution is 2.26. The molecular formula is C19H20N2O6. The largest absolute Gasteiger partial charge is 0.480 e. The summed E-state index contributed by atoms with van der Waals surface area (Å²) in [6, 6.07) is 14.0. The van der Waals surface area contributed by atoms with Crippen molar-refractivity contribution in [2.75, 3.05) is 6.61 Å². The molecule has 2 unspecified atom stereocenters. The lowest BCUT2D eigenvalue weighted by molar-refractivity contribution is -0.385. The van der Waals surface area contributed by atoms with Crippen molar-refractivity contribution in [3.8, 4) is 0 Å². The molecule has 8 nitrogen and oxygen atoms in total. The number of carbonyl (C=O) groups is 2. The van der Waals surface area contributed by atoms with Crippen LogP contribution in [0.2, 0.25) is 0 Å². The summed E-state index contributed by atoms with van der Waals surface area (Å²) in [5.41, 5.74) is 1.15. The van der Waals surface area contributed by atoms with Crippen molar-refractivity contribution in [1.29, 1.82) is 0 Å². The minimum atomic E-state index is -1.18. The van der Waals surface area contributed by atoms with Crippen LogP contribution in [0.25, 0.3) is 0 Å². The predicted octanol–water partition coefficient (Wildman–Crippen LogP) is 3.12. The fourth-order valence-corrected chi connectivity index (χ4v) is 2.59. The number of aliphatic carboxylic acids is 1.